The van der Waals surface area contributed by atoms with E-state index in [0.717, 1.165) is 4.90 Å². The van der Waals surface area contributed by atoms with Gasteiger partial charge in [0.05, 0.1) is 33.3 Å². The Morgan fingerprint density at radius 1 is 1.08 bits per heavy atom. The molecule has 0 radical (unpaired) electrons. The van der Waals surface area contributed by atoms with E-state index in [1.807, 2.05) is 12.1 Å². The van der Waals surface area contributed by atoms with Gasteiger partial charge in [-0.05, 0) is 36.4 Å². The molecule has 0 spiro atoms. The molecule has 0 heterocycles. The number of carbonyl (C=O) groups excluding carboxylic acids is 1. The first-order valence-corrected chi connectivity index (χ1v) is 8.94. The second-order valence-corrected chi connectivity index (χ2v) is 6.44. The number of carbonyl (C=O) groups is 1. The second-order valence-electron chi connectivity index (χ2n) is 4.96. The Balaban J connectivity index is 1.97. The monoisotopic (exact) mass is 394 g/mol. The molecule has 8 heteroatoms. The third-order valence-electron chi connectivity index (χ3n) is 3.31. The molecule has 0 saturated heterocycles. The number of benzene rings is 2. The molecule has 2 rings (SSSR count). The number of rotatable bonds is 8. The van der Waals surface area contributed by atoms with Crippen molar-refractivity contribution in [3.63, 3.8) is 0 Å². The third kappa shape index (κ3) is 5.31. The van der Waals surface area contributed by atoms with Gasteiger partial charge in [-0.3, -0.25) is 4.79 Å². The molecule has 0 aliphatic heterocycles. The molecule has 138 valence electrons. The number of hydrogen-bond acceptors (Lipinski definition) is 6. The van der Waals surface area contributed by atoms with E-state index in [9.17, 15) is 4.79 Å². The van der Waals surface area contributed by atoms with Crippen molar-refractivity contribution in [3.05, 3.63) is 47.0 Å². The first-order chi connectivity index (χ1) is 12.6. The quantitative estimate of drug-likeness (QED) is 0.421. The molecule has 6 nitrogen and oxygen atoms in total. The van der Waals surface area contributed by atoms with E-state index >= 15 is 0 Å². The minimum atomic E-state index is -0.222. The van der Waals surface area contributed by atoms with Gasteiger partial charge >= 0.3 is 0 Å². The predicted octanol–water partition coefficient (Wildman–Crippen LogP) is 3.61. The Bertz CT molecular complexity index is 782. The van der Waals surface area contributed by atoms with Crippen LogP contribution in [0.15, 0.2) is 46.4 Å². The van der Waals surface area contributed by atoms with Crippen LogP contribution in [0.1, 0.15) is 5.56 Å². The SMILES string of the molecule is COc1ccc(/C=N/NC(=O)CSc2ccc(Cl)cc2)c(OC)c1OC. The molecule has 0 aliphatic carbocycles. The maximum Gasteiger partial charge on any atom is 0.250 e. The zero-order valence-electron chi connectivity index (χ0n) is 14.6. The van der Waals surface area contributed by atoms with Crippen LogP contribution in [0.25, 0.3) is 0 Å². The Morgan fingerprint density at radius 3 is 2.38 bits per heavy atom. The molecule has 0 bridgehead atoms. The summed E-state index contributed by atoms with van der Waals surface area (Å²) < 4.78 is 15.9. The highest BCUT2D eigenvalue weighted by Gasteiger charge is 2.14. The molecule has 1 N–H and O–H groups in total. The maximum atomic E-state index is 11.9. The van der Waals surface area contributed by atoms with Gasteiger partial charge in [-0.2, -0.15) is 5.10 Å². The summed E-state index contributed by atoms with van der Waals surface area (Å²) in [7, 11) is 4.59. The van der Waals surface area contributed by atoms with Gasteiger partial charge in [0, 0.05) is 15.5 Å². The summed E-state index contributed by atoms with van der Waals surface area (Å²) in [6.45, 7) is 0. The van der Waals surface area contributed by atoms with Crippen molar-refractivity contribution in [2.45, 2.75) is 4.90 Å². The summed E-state index contributed by atoms with van der Waals surface area (Å²) in [4.78, 5) is 12.9. The normalized spacial score (nSPS) is 10.6. The number of thioether (sulfide) groups is 1. The van der Waals surface area contributed by atoms with Crippen LogP contribution in [-0.2, 0) is 4.79 Å². The smallest absolute Gasteiger partial charge is 0.250 e. The van der Waals surface area contributed by atoms with Gasteiger partial charge in [0.1, 0.15) is 0 Å². The molecule has 0 fully saturated rings. The predicted molar refractivity (Wildman–Crippen MR) is 104 cm³/mol. The Morgan fingerprint density at radius 2 is 1.77 bits per heavy atom. The van der Waals surface area contributed by atoms with E-state index in [1.54, 1.807) is 31.4 Å². The summed E-state index contributed by atoms with van der Waals surface area (Å²) in [5, 5.41) is 4.63. The number of ether oxygens (including phenoxy) is 3. The number of nitrogens with zero attached hydrogens (tertiary/aromatic N) is 1. The summed E-state index contributed by atoms with van der Waals surface area (Å²) in [6, 6.07) is 10.8. The van der Waals surface area contributed by atoms with Gasteiger partial charge in [0.2, 0.25) is 11.7 Å². The average Bonchev–Trinajstić information content (AvgIpc) is 2.66. The lowest BCUT2D eigenvalue weighted by Crippen LogP contribution is -2.19. The zero-order valence-corrected chi connectivity index (χ0v) is 16.2. The fourth-order valence-electron chi connectivity index (χ4n) is 2.11. The summed E-state index contributed by atoms with van der Waals surface area (Å²) in [5.74, 6) is 1.50. The van der Waals surface area contributed by atoms with Crippen LogP contribution in [-0.4, -0.2) is 39.2 Å². The van der Waals surface area contributed by atoms with Crippen molar-refractivity contribution in [3.8, 4) is 17.2 Å². The highest BCUT2D eigenvalue weighted by atomic mass is 35.5. The number of amides is 1. The van der Waals surface area contributed by atoms with Gasteiger partial charge in [0.15, 0.2) is 11.5 Å². The highest BCUT2D eigenvalue weighted by molar-refractivity contribution is 8.00. The molecule has 0 aromatic heterocycles. The zero-order chi connectivity index (χ0) is 18.9. The third-order valence-corrected chi connectivity index (χ3v) is 4.58. The lowest BCUT2D eigenvalue weighted by Gasteiger charge is -2.13. The number of hydrogen-bond donors (Lipinski definition) is 1. The minimum absolute atomic E-state index is 0.222. The van der Waals surface area contributed by atoms with Crippen LogP contribution in [0.2, 0.25) is 5.02 Å². The molecular formula is C18H19ClN2O4S. The lowest BCUT2D eigenvalue weighted by atomic mass is 10.2. The summed E-state index contributed by atoms with van der Waals surface area (Å²) in [6.07, 6.45) is 1.49. The van der Waals surface area contributed by atoms with Crippen LogP contribution in [0.5, 0.6) is 17.2 Å². The van der Waals surface area contributed by atoms with Gasteiger partial charge in [-0.25, -0.2) is 5.43 Å². The number of hydrazone groups is 1. The second kappa shape index (κ2) is 9.94. The van der Waals surface area contributed by atoms with Crippen LogP contribution < -0.4 is 19.6 Å². The molecule has 2 aromatic carbocycles. The fourth-order valence-corrected chi connectivity index (χ4v) is 2.93. The molecule has 1 amide bonds. The van der Waals surface area contributed by atoms with Crippen LogP contribution in [0.3, 0.4) is 0 Å². The molecule has 0 atom stereocenters. The Hall–Kier alpha value is -2.38. The lowest BCUT2D eigenvalue weighted by molar-refractivity contribution is -0.118. The van der Waals surface area contributed by atoms with E-state index in [4.69, 9.17) is 25.8 Å². The highest BCUT2D eigenvalue weighted by Crippen LogP contribution is 2.38. The van der Waals surface area contributed by atoms with Crippen molar-refractivity contribution in [2.24, 2.45) is 5.10 Å². The standard InChI is InChI=1S/C18H19ClN2O4S/c1-23-15-9-4-12(17(24-2)18(15)25-3)10-20-21-16(22)11-26-14-7-5-13(19)6-8-14/h4-10H,11H2,1-3H3,(H,21,22)/b20-10+. The van der Waals surface area contributed by atoms with Crippen LogP contribution in [0.4, 0.5) is 0 Å². The van der Waals surface area contributed by atoms with E-state index in [1.165, 1.54) is 32.2 Å². The van der Waals surface area contributed by atoms with Crippen LogP contribution in [0, 0.1) is 0 Å². The molecule has 0 unspecified atom stereocenters. The Kier molecular flexibility index (Phi) is 7.62. The van der Waals surface area contributed by atoms with E-state index in [0.29, 0.717) is 27.8 Å². The molecule has 0 saturated carbocycles. The van der Waals surface area contributed by atoms with E-state index < -0.39 is 0 Å². The van der Waals surface area contributed by atoms with Gasteiger partial charge < -0.3 is 14.2 Å². The first-order valence-electron chi connectivity index (χ1n) is 7.58. The van der Waals surface area contributed by atoms with Crippen LogP contribution >= 0.6 is 23.4 Å². The number of nitrogens with one attached hydrogen (secondary N) is 1. The van der Waals surface area contributed by atoms with Gasteiger partial charge in [0.25, 0.3) is 0 Å². The molecular weight excluding hydrogens is 376 g/mol. The fraction of sp³-hybridized carbons (Fsp3) is 0.222. The maximum absolute atomic E-state index is 11.9. The summed E-state index contributed by atoms with van der Waals surface area (Å²) in [5.41, 5.74) is 3.14. The summed E-state index contributed by atoms with van der Waals surface area (Å²) >= 11 is 7.23. The van der Waals surface area contributed by atoms with Crippen molar-refractivity contribution in [2.75, 3.05) is 27.1 Å². The van der Waals surface area contributed by atoms with Crippen molar-refractivity contribution < 1.29 is 19.0 Å². The number of halogens is 1. The van der Waals surface area contributed by atoms with Gasteiger partial charge in [-0.15, -0.1) is 11.8 Å². The first kappa shape index (κ1) is 19.9. The number of methoxy groups -OCH3 is 3. The van der Waals surface area contributed by atoms with Crippen molar-refractivity contribution >= 4 is 35.5 Å². The molecule has 0 aliphatic rings. The van der Waals surface area contributed by atoms with E-state index in [2.05, 4.69) is 10.5 Å². The van der Waals surface area contributed by atoms with Gasteiger partial charge in [-0.1, -0.05) is 11.6 Å². The molecule has 2 aromatic rings. The van der Waals surface area contributed by atoms with E-state index in [-0.39, 0.29) is 11.7 Å². The van der Waals surface area contributed by atoms with Crippen molar-refractivity contribution in [1.29, 1.82) is 0 Å². The van der Waals surface area contributed by atoms with Crippen molar-refractivity contribution in [1.82, 2.24) is 5.43 Å². The Labute approximate surface area is 161 Å². The molecule has 26 heavy (non-hydrogen) atoms. The average molecular weight is 395 g/mol. The largest absolute Gasteiger partial charge is 0.493 e. The topological polar surface area (TPSA) is 69.2 Å². The minimum Gasteiger partial charge on any atom is -0.493 e.